The second-order valence-corrected chi connectivity index (χ2v) is 6.06. The van der Waals surface area contributed by atoms with Crippen molar-refractivity contribution in [1.29, 1.82) is 0 Å². The fourth-order valence-electron chi connectivity index (χ4n) is 2.70. The first-order valence-electron chi connectivity index (χ1n) is 6.79. The van der Waals surface area contributed by atoms with Gasteiger partial charge in [0, 0.05) is 16.7 Å². The van der Waals surface area contributed by atoms with E-state index in [0.29, 0.717) is 11.1 Å². The second-order valence-electron chi connectivity index (χ2n) is 6.06. The lowest BCUT2D eigenvalue weighted by Crippen LogP contribution is -2.47. The van der Waals surface area contributed by atoms with Crippen molar-refractivity contribution < 1.29 is 10.4 Å². The molecule has 0 amide bonds. The highest BCUT2D eigenvalue weighted by Crippen LogP contribution is 2.43. The minimum Gasteiger partial charge on any atom is -0.411 e. The van der Waals surface area contributed by atoms with Crippen LogP contribution in [0.25, 0.3) is 0 Å². The van der Waals surface area contributed by atoms with Gasteiger partial charge < -0.3 is 5.21 Å². The van der Waals surface area contributed by atoms with Crippen LogP contribution in [-0.2, 0) is 5.21 Å². The molecule has 0 saturated heterocycles. The summed E-state index contributed by atoms with van der Waals surface area (Å²) in [7, 11) is 0. The Morgan fingerprint density at radius 1 is 1.10 bits per heavy atom. The van der Waals surface area contributed by atoms with Crippen LogP contribution in [-0.4, -0.2) is 27.6 Å². The van der Waals surface area contributed by atoms with E-state index in [9.17, 15) is 5.21 Å². The van der Waals surface area contributed by atoms with E-state index in [2.05, 4.69) is 17.0 Å². The molecule has 21 heavy (non-hydrogen) atoms. The Morgan fingerprint density at radius 3 is 2.29 bits per heavy atom. The first-order valence-corrected chi connectivity index (χ1v) is 6.79. The van der Waals surface area contributed by atoms with E-state index in [1.54, 1.807) is 13.8 Å². The van der Waals surface area contributed by atoms with Gasteiger partial charge in [0.05, 0.1) is 17.3 Å². The van der Waals surface area contributed by atoms with Crippen molar-refractivity contribution >= 4 is 6.21 Å². The van der Waals surface area contributed by atoms with E-state index in [-0.39, 0.29) is 0 Å². The molecule has 109 valence electrons. The van der Waals surface area contributed by atoms with Crippen molar-refractivity contribution in [3.8, 4) is 11.8 Å². The summed E-state index contributed by atoms with van der Waals surface area (Å²) in [5.41, 5.74) is 0.666. The maximum absolute atomic E-state index is 12.5. The Morgan fingerprint density at radius 2 is 1.71 bits per heavy atom. The summed E-state index contributed by atoms with van der Waals surface area (Å²) in [6.45, 7) is 7.26. The van der Waals surface area contributed by atoms with Gasteiger partial charge in [-0.05, 0) is 39.8 Å². The standard InChI is InChI=1S/C17H19N2O2/c1-16(2)14(11-10-13-8-6-5-7-9-13)15(12-18-20)17(3,4)19(16)21/h5-9,12,20H,1-4H3/b18-12+. The van der Waals surface area contributed by atoms with Gasteiger partial charge in [-0.25, -0.2) is 0 Å². The predicted molar refractivity (Wildman–Crippen MR) is 81.3 cm³/mol. The summed E-state index contributed by atoms with van der Waals surface area (Å²) in [6.07, 6.45) is 1.31. The van der Waals surface area contributed by atoms with Gasteiger partial charge in [0.1, 0.15) is 0 Å². The molecule has 1 heterocycles. The maximum Gasteiger partial charge on any atom is 0.0778 e. The van der Waals surface area contributed by atoms with Crippen LogP contribution in [0.1, 0.15) is 33.3 Å². The first-order chi connectivity index (χ1) is 9.81. The Bertz CT molecular complexity index is 646. The highest BCUT2D eigenvalue weighted by atomic mass is 16.5. The van der Waals surface area contributed by atoms with Gasteiger partial charge in [0.25, 0.3) is 0 Å². The van der Waals surface area contributed by atoms with Crippen molar-refractivity contribution in [3.05, 3.63) is 47.0 Å². The number of hydrogen-bond acceptors (Lipinski definition) is 3. The number of rotatable bonds is 1. The lowest BCUT2D eigenvalue weighted by Gasteiger charge is -2.33. The van der Waals surface area contributed by atoms with Gasteiger partial charge in [0.2, 0.25) is 0 Å². The SMILES string of the molecule is CC1(C)C(C#Cc2ccccc2)=C(/C=N/O)C(C)(C)N1[O]. The van der Waals surface area contributed by atoms with Crippen LogP contribution < -0.4 is 0 Å². The molecule has 0 spiro atoms. The van der Waals surface area contributed by atoms with Crippen molar-refractivity contribution in [2.75, 3.05) is 0 Å². The predicted octanol–water partition coefficient (Wildman–Crippen LogP) is 3.01. The van der Waals surface area contributed by atoms with Gasteiger partial charge in [-0.3, -0.25) is 0 Å². The van der Waals surface area contributed by atoms with Gasteiger partial charge in [-0.15, -0.1) is 10.3 Å². The van der Waals surface area contributed by atoms with Crippen molar-refractivity contribution in [2.45, 2.75) is 38.8 Å². The molecule has 1 aromatic carbocycles. The Labute approximate surface area is 125 Å². The zero-order chi connectivity index (χ0) is 15.7. The van der Waals surface area contributed by atoms with Crippen LogP contribution in [0.15, 0.2) is 46.6 Å². The van der Waals surface area contributed by atoms with Crippen LogP contribution in [0.5, 0.6) is 0 Å². The van der Waals surface area contributed by atoms with E-state index >= 15 is 0 Å². The van der Waals surface area contributed by atoms with Gasteiger partial charge >= 0.3 is 0 Å². The third kappa shape index (κ3) is 2.58. The topological polar surface area (TPSA) is 55.7 Å². The molecule has 4 nitrogen and oxygen atoms in total. The molecule has 2 rings (SSSR count). The molecular weight excluding hydrogens is 264 g/mol. The summed E-state index contributed by atoms with van der Waals surface area (Å²) in [5.74, 6) is 6.17. The molecule has 0 atom stereocenters. The van der Waals surface area contributed by atoms with Gasteiger partial charge in [0.15, 0.2) is 0 Å². The Kier molecular flexibility index (Phi) is 3.91. The lowest BCUT2D eigenvalue weighted by atomic mass is 9.91. The van der Waals surface area contributed by atoms with Crippen molar-refractivity contribution in [2.24, 2.45) is 5.16 Å². The van der Waals surface area contributed by atoms with E-state index in [0.717, 1.165) is 10.6 Å². The fourth-order valence-corrected chi connectivity index (χ4v) is 2.70. The molecule has 0 saturated carbocycles. The van der Waals surface area contributed by atoms with Crippen LogP contribution >= 0.6 is 0 Å². The summed E-state index contributed by atoms with van der Waals surface area (Å²) < 4.78 is 0. The van der Waals surface area contributed by atoms with Crippen LogP contribution in [0.2, 0.25) is 0 Å². The molecule has 0 bridgehead atoms. The first kappa shape index (κ1) is 15.3. The molecule has 0 aromatic heterocycles. The molecule has 0 fully saturated rings. The average Bonchev–Trinajstić information content (AvgIpc) is 2.57. The fraction of sp³-hybridized carbons (Fsp3) is 0.353. The monoisotopic (exact) mass is 283 g/mol. The normalized spacial score (nSPS) is 20.6. The summed E-state index contributed by atoms with van der Waals surface area (Å²) in [5, 5.41) is 25.5. The number of oxime groups is 1. The summed E-state index contributed by atoms with van der Waals surface area (Å²) in [6, 6.07) is 9.58. The minimum atomic E-state index is -0.781. The third-order valence-corrected chi connectivity index (χ3v) is 3.85. The molecule has 1 aliphatic rings. The Balaban J connectivity index is 2.56. The average molecular weight is 283 g/mol. The van der Waals surface area contributed by atoms with E-state index in [1.807, 2.05) is 44.2 Å². The Hall–Kier alpha value is -2.09. The van der Waals surface area contributed by atoms with E-state index in [1.165, 1.54) is 6.21 Å². The molecule has 1 aliphatic heterocycles. The highest BCUT2D eigenvalue weighted by Gasteiger charge is 2.51. The second kappa shape index (κ2) is 5.36. The van der Waals surface area contributed by atoms with Gasteiger partial charge in [-0.1, -0.05) is 35.2 Å². The van der Waals surface area contributed by atoms with E-state index < -0.39 is 11.1 Å². The molecule has 4 heteroatoms. The zero-order valence-electron chi connectivity index (χ0n) is 12.7. The number of hydrogen-bond donors (Lipinski definition) is 1. The molecule has 1 N–H and O–H groups in total. The maximum atomic E-state index is 12.5. The number of hydroxylamine groups is 2. The largest absolute Gasteiger partial charge is 0.411 e. The molecular formula is C17H19N2O2. The van der Waals surface area contributed by atoms with Crippen LogP contribution in [0.4, 0.5) is 0 Å². The van der Waals surface area contributed by atoms with Crippen molar-refractivity contribution in [3.63, 3.8) is 0 Å². The van der Waals surface area contributed by atoms with Crippen molar-refractivity contribution in [1.82, 2.24) is 5.06 Å². The van der Waals surface area contributed by atoms with Crippen LogP contribution in [0, 0.1) is 11.8 Å². The summed E-state index contributed by atoms with van der Waals surface area (Å²) in [4.78, 5) is 0. The number of nitrogens with zero attached hydrogens (tertiary/aromatic N) is 2. The number of benzene rings is 1. The van der Waals surface area contributed by atoms with Gasteiger partial charge in [-0.2, -0.15) is 0 Å². The lowest BCUT2D eigenvalue weighted by molar-refractivity contribution is -0.238. The van der Waals surface area contributed by atoms with E-state index in [4.69, 9.17) is 5.21 Å². The molecule has 0 aliphatic carbocycles. The zero-order valence-corrected chi connectivity index (χ0v) is 12.7. The highest BCUT2D eigenvalue weighted by molar-refractivity contribution is 5.86. The summed E-state index contributed by atoms with van der Waals surface area (Å²) >= 11 is 0. The molecule has 1 radical (unpaired) electrons. The van der Waals surface area contributed by atoms with Crippen LogP contribution in [0.3, 0.4) is 0 Å². The third-order valence-electron chi connectivity index (χ3n) is 3.85. The molecule has 0 unspecified atom stereocenters. The smallest absolute Gasteiger partial charge is 0.0778 e. The quantitative estimate of drug-likeness (QED) is 0.373. The minimum absolute atomic E-state index is 0.647. The molecule has 1 aromatic rings.